The zero-order valence-corrected chi connectivity index (χ0v) is 11.0. The van der Waals surface area contributed by atoms with Crippen LogP contribution in [0.15, 0.2) is 46.2 Å². The van der Waals surface area contributed by atoms with Crippen LogP contribution in [0.4, 0.5) is 4.39 Å². The van der Waals surface area contributed by atoms with Crippen molar-refractivity contribution in [3.8, 4) is 0 Å². The number of rotatable bonds is 5. The van der Waals surface area contributed by atoms with Gasteiger partial charge in [-0.1, -0.05) is 5.16 Å². The predicted octanol–water partition coefficient (Wildman–Crippen LogP) is 2.36. The Morgan fingerprint density at radius 3 is 2.95 bits per heavy atom. The molecule has 1 aromatic carbocycles. The van der Waals surface area contributed by atoms with Crippen molar-refractivity contribution in [2.45, 2.75) is 19.5 Å². The van der Waals surface area contributed by atoms with E-state index in [4.69, 9.17) is 15.4 Å². The van der Waals surface area contributed by atoms with Crippen molar-refractivity contribution in [3.05, 3.63) is 59.3 Å². The first-order valence-corrected chi connectivity index (χ1v) is 6.14. The summed E-state index contributed by atoms with van der Waals surface area (Å²) in [5, 5.41) is 14.7. The van der Waals surface area contributed by atoms with Crippen LogP contribution in [-0.4, -0.2) is 11.0 Å². The summed E-state index contributed by atoms with van der Waals surface area (Å²) in [6.07, 6.45) is 1.60. The van der Waals surface area contributed by atoms with E-state index in [1.54, 1.807) is 12.3 Å². The maximum Gasteiger partial charge on any atom is 0.170 e. The van der Waals surface area contributed by atoms with E-state index in [2.05, 4.69) is 10.5 Å². The maximum absolute atomic E-state index is 13.5. The Bertz CT molecular complexity index is 596. The van der Waals surface area contributed by atoms with Crippen molar-refractivity contribution in [2.24, 2.45) is 10.9 Å². The molecule has 0 saturated carbocycles. The molecule has 0 saturated heterocycles. The van der Waals surface area contributed by atoms with Crippen LogP contribution in [0.3, 0.4) is 0 Å². The third kappa shape index (κ3) is 3.36. The first-order chi connectivity index (χ1) is 9.60. The Balaban J connectivity index is 2.08. The molecule has 20 heavy (non-hydrogen) atoms. The minimum Gasteiger partial charge on any atom is -0.468 e. The molecule has 0 bridgehead atoms. The standard InChI is InChI=1S/C14H16FN3O2/c1-9(13-3-2-4-20-13)17-8-10-5-11(14(16)18-19)7-12(15)6-10/h2-7,9,17,19H,8H2,1H3,(H2,16,18). The molecule has 0 aliphatic heterocycles. The summed E-state index contributed by atoms with van der Waals surface area (Å²) in [7, 11) is 0. The Morgan fingerprint density at radius 1 is 1.50 bits per heavy atom. The first kappa shape index (κ1) is 14.1. The van der Waals surface area contributed by atoms with E-state index in [0.29, 0.717) is 17.7 Å². The van der Waals surface area contributed by atoms with Gasteiger partial charge in [-0.25, -0.2) is 4.39 Å². The SMILES string of the molecule is CC(NCc1cc(F)cc(/C(N)=N/O)c1)c1ccco1. The number of halogens is 1. The average Bonchev–Trinajstić information content (AvgIpc) is 2.97. The second-order valence-electron chi connectivity index (χ2n) is 4.45. The van der Waals surface area contributed by atoms with Crippen molar-refractivity contribution >= 4 is 5.84 Å². The number of nitrogens with one attached hydrogen (secondary N) is 1. The van der Waals surface area contributed by atoms with Crippen molar-refractivity contribution in [3.63, 3.8) is 0 Å². The fraction of sp³-hybridized carbons (Fsp3) is 0.214. The Hall–Kier alpha value is -2.34. The Kier molecular flexibility index (Phi) is 4.37. The summed E-state index contributed by atoms with van der Waals surface area (Å²) in [5.74, 6) is 0.249. The van der Waals surface area contributed by atoms with Crippen molar-refractivity contribution < 1.29 is 14.0 Å². The van der Waals surface area contributed by atoms with Gasteiger partial charge in [-0.15, -0.1) is 0 Å². The molecule has 1 unspecified atom stereocenters. The van der Waals surface area contributed by atoms with Crippen molar-refractivity contribution in [1.29, 1.82) is 0 Å². The quantitative estimate of drug-likeness (QED) is 0.339. The molecule has 0 amide bonds. The highest BCUT2D eigenvalue weighted by molar-refractivity contribution is 5.97. The van der Waals surface area contributed by atoms with Gasteiger partial charge < -0.3 is 20.7 Å². The molecular formula is C14H16FN3O2. The smallest absolute Gasteiger partial charge is 0.170 e. The summed E-state index contributed by atoms with van der Waals surface area (Å²) in [5.41, 5.74) is 6.50. The molecule has 1 atom stereocenters. The normalized spacial score (nSPS) is 13.4. The Morgan fingerprint density at radius 2 is 2.30 bits per heavy atom. The third-order valence-corrected chi connectivity index (χ3v) is 2.94. The van der Waals surface area contributed by atoms with Crippen molar-refractivity contribution in [1.82, 2.24) is 5.32 Å². The van der Waals surface area contributed by atoms with Gasteiger partial charge in [0.25, 0.3) is 0 Å². The molecule has 0 aliphatic rings. The predicted molar refractivity (Wildman–Crippen MR) is 72.9 cm³/mol. The highest BCUT2D eigenvalue weighted by Gasteiger charge is 2.09. The minimum atomic E-state index is -0.434. The topological polar surface area (TPSA) is 83.8 Å². The second kappa shape index (κ2) is 6.21. The van der Waals surface area contributed by atoms with Gasteiger partial charge in [-0.2, -0.15) is 0 Å². The molecule has 1 aromatic heterocycles. The summed E-state index contributed by atoms with van der Waals surface area (Å²) in [4.78, 5) is 0. The molecule has 0 aliphatic carbocycles. The fourth-order valence-electron chi connectivity index (χ4n) is 1.87. The Labute approximate surface area is 115 Å². The summed E-state index contributed by atoms with van der Waals surface area (Å²) < 4.78 is 18.8. The zero-order valence-electron chi connectivity index (χ0n) is 11.0. The van der Waals surface area contributed by atoms with Gasteiger partial charge in [0.05, 0.1) is 12.3 Å². The van der Waals surface area contributed by atoms with Gasteiger partial charge in [0.2, 0.25) is 0 Å². The van der Waals surface area contributed by atoms with E-state index in [0.717, 1.165) is 5.76 Å². The lowest BCUT2D eigenvalue weighted by molar-refractivity contribution is 0.318. The van der Waals surface area contributed by atoms with E-state index >= 15 is 0 Å². The van der Waals surface area contributed by atoms with Gasteiger partial charge in [0, 0.05) is 12.1 Å². The molecule has 0 spiro atoms. The van der Waals surface area contributed by atoms with Gasteiger partial charge in [0.1, 0.15) is 11.6 Å². The molecule has 6 heteroatoms. The van der Waals surface area contributed by atoms with Crippen LogP contribution >= 0.6 is 0 Å². The molecular weight excluding hydrogens is 261 g/mol. The zero-order chi connectivity index (χ0) is 14.5. The second-order valence-corrected chi connectivity index (χ2v) is 4.45. The van der Waals surface area contributed by atoms with E-state index < -0.39 is 5.82 Å². The highest BCUT2D eigenvalue weighted by Crippen LogP contribution is 2.14. The van der Waals surface area contributed by atoms with E-state index in [1.165, 1.54) is 12.1 Å². The highest BCUT2D eigenvalue weighted by atomic mass is 19.1. The molecule has 4 N–H and O–H groups in total. The van der Waals surface area contributed by atoms with E-state index in [1.807, 2.05) is 19.1 Å². The van der Waals surface area contributed by atoms with Crippen LogP contribution in [0.5, 0.6) is 0 Å². The van der Waals surface area contributed by atoms with Crippen LogP contribution in [0.2, 0.25) is 0 Å². The van der Waals surface area contributed by atoms with Gasteiger partial charge >= 0.3 is 0 Å². The molecule has 2 aromatic rings. The lowest BCUT2D eigenvalue weighted by Crippen LogP contribution is -2.19. The first-order valence-electron chi connectivity index (χ1n) is 6.14. The maximum atomic E-state index is 13.5. The number of hydrogen-bond donors (Lipinski definition) is 3. The van der Waals surface area contributed by atoms with Gasteiger partial charge in [-0.05, 0) is 42.8 Å². The van der Waals surface area contributed by atoms with Crippen LogP contribution in [0.1, 0.15) is 29.9 Å². The summed E-state index contributed by atoms with van der Waals surface area (Å²) in [6.45, 7) is 2.38. The van der Waals surface area contributed by atoms with Crippen LogP contribution in [-0.2, 0) is 6.54 Å². The summed E-state index contributed by atoms with van der Waals surface area (Å²) >= 11 is 0. The van der Waals surface area contributed by atoms with Crippen LogP contribution in [0.25, 0.3) is 0 Å². The number of oxime groups is 1. The average molecular weight is 277 g/mol. The number of amidine groups is 1. The van der Waals surface area contributed by atoms with Crippen molar-refractivity contribution in [2.75, 3.05) is 0 Å². The van der Waals surface area contributed by atoms with Crippen LogP contribution in [0, 0.1) is 5.82 Å². The fourth-order valence-corrected chi connectivity index (χ4v) is 1.87. The lowest BCUT2D eigenvalue weighted by Gasteiger charge is -2.12. The van der Waals surface area contributed by atoms with Gasteiger partial charge in [-0.3, -0.25) is 0 Å². The van der Waals surface area contributed by atoms with Gasteiger partial charge in [0.15, 0.2) is 5.84 Å². The molecule has 1 heterocycles. The molecule has 106 valence electrons. The number of hydrogen-bond acceptors (Lipinski definition) is 4. The largest absolute Gasteiger partial charge is 0.468 e. The molecule has 2 rings (SSSR count). The molecule has 0 radical (unpaired) electrons. The number of benzene rings is 1. The minimum absolute atomic E-state index is 0.000531. The molecule has 5 nitrogen and oxygen atoms in total. The molecule has 0 fully saturated rings. The number of furan rings is 1. The lowest BCUT2D eigenvalue weighted by atomic mass is 10.1. The number of nitrogens with two attached hydrogens (primary N) is 1. The van der Waals surface area contributed by atoms with E-state index in [9.17, 15) is 4.39 Å². The van der Waals surface area contributed by atoms with E-state index in [-0.39, 0.29) is 11.9 Å². The number of nitrogens with zero attached hydrogens (tertiary/aromatic N) is 1. The monoisotopic (exact) mass is 277 g/mol. The van der Waals surface area contributed by atoms with Crippen LogP contribution < -0.4 is 11.1 Å². The summed E-state index contributed by atoms with van der Waals surface area (Å²) in [6, 6.07) is 7.96. The third-order valence-electron chi connectivity index (χ3n) is 2.94.